The van der Waals surface area contributed by atoms with Gasteiger partial charge in [0.15, 0.2) is 11.6 Å². The van der Waals surface area contributed by atoms with Crippen molar-refractivity contribution in [3.05, 3.63) is 23.3 Å². The number of Topliss-reactive ketones (excluding diaryl/α,β-unsaturated/α-hetero) is 1. The molecule has 2 saturated carbocycles. The quantitative estimate of drug-likeness (QED) is 0.744. The van der Waals surface area contributed by atoms with Crippen LogP contribution < -0.4 is 0 Å². The second kappa shape index (κ2) is 5.43. The number of rotatable bonds is 2. The maximum Gasteiger partial charge on any atom is 0.156 e. The van der Waals surface area contributed by atoms with Crippen molar-refractivity contribution in [2.45, 2.75) is 65.2 Å². The van der Waals surface area contributed by atoms with Gasteiger partial charge < -0.3 is 0 Å². The van der Waals surface area contributed by atoms with E-state index in [9.17, 15) is 9.59 Å². The van der Waals surface area contributed by atoms with Crippen LogP contribution in [0.1, 0.15) is 65.2 Å². The third kappa shape index (κ3) is 2.13. The lowest BCUT2D eigenvalue weighted by Crippen LogP contribution is -2.47. The molecule has 0 heterocycles. The number of carbonyl (C=O) groups excluding carboxylic acids is 2. The highest BCUT2D eigenvalue weighted by Gasteiger charge is 2.55. The normalized spacial score (nSPS) is 42.3. The maximum absolute atomic E-state index is 12.2. The monoisotopic (exact) mass is 312 g/mol. The molecule has 23 heavy (non-hydrogen) atoms. The van der Waals surface area contributed by atoms with Crippen molar-refractivity contribution in [3.8, 4) is 0 Å². The van der Waals surface area contributed by atoms with E-state index in [1.165, 1.54) is 24.8 Å². The Balaban J connectivity index is 1.65. The van der Waals surface area contributed by atoms with Crippen molar-refractivity contribution in [1.29, 1.82) is 0 Å². The Morgan fingerprint density at radius 2 is 2.04 bits per heavy atom. The van der Waals surface area contributed by atoms with Crippen molar-refractivity contribution in [1.82, 2.24) is 0 Å². The van der Waals surface area contributed by atoms with Crippen molar-refractivity contribution >= 4 is 11.6 Å². The summed E-state index contributed by atoms with van der Waals surface area (Å²) in [5.74, 6) is 3.48. The average molecular weight is 312 g/mol. The first kappa shape index (κ1) is 15.4. The standard InChI is InChI=1S/C21H28O2/c1-3-21-11-10-17-16-7-5-15(23)12-14(16)4-6-18(17)20(21)9-8-19(21)13(2)22/h8,12,16-18,20H,3-7,9-11H2,1-2H3/t16-,17+,18+,20-,21+/m0/s1. The van der Waals surface area contributed by atoms with E-state index >= 15 is 0 Å². The minimum absolute atomic E-state index is 0.165. The van der Waals surface area contributed by atoms with E-state index in [4.69, 9.17) is 0 Å². The van der Waals surface area contributed by atoms with Gasteiger partial charge in [-0.05, 0) is 87.2 Å². The zero-order valence-corrected chi connectivity index (χ0v) is 14.4. The average Bonchev–Trinajstić information content (AvgIpc) is 2.94. The highest BCUT2D eigenvalue weighted by molar-refractivity contribution is 5.95. The molecule has 2 heteroatoms. The minimum atomic E-state index is 0.165. The summed E-state index contributed by atoms with van der Waals surface area (Å²) in [7, 11) is 0. The molecule has 0 aliphatic heterocycles. The van der Waals surface area contributed by atoms with Crippen molar-refractivity contribution in [2.75, 3.05) is 0 Å². The molecule has 0 aromatic carbocycles. The zero-order valence-electron chi connectivity index (χ0n) is 14.4. The molecule has 0 radical (unpaired) electrons. The first-order chi connectivity index (χ1) is 11.1. The van der Waals surface area contributed by atoms with Gasteiger partial charge in [-0.2, -0.15) is 0 Å². The molecule has 2 nitrogen and oxygen atoms in total. The van der Waals surface area contributed by atoms with Crippen molar-refractivity contribution in [3.63, 3.8) is 0 Å². The molecule has 124 valence electrons. The van der Waals surface area contributed by atoms with Crippen LogP contribution in [-0.4, -0.2) is 11.6 Å². The van der Waals surface area contributed by atoms with Crippen LogP contribution in [0.5, 0.6) is 0 Å². The Labute approximate surface area is 139 Å². The molecule has 2 fully saturated rings. The second-order valence-corrected chi connectivity index (χ2v) is 8.26. The molecular formula is C21H28O2. The van der Waals surface area contributed by atoms with Gasteiger partial charge >= 0.3 is 0 Å². The lowest BCUT2D eigenvalue weighted by Gasteiger charge is -2.54. The SMILES string of the molecule is CC[C@]12CC[C@H]3[C@@H](CCC4=CC(=O)CC[C@@H]43)[C@@H]1CC=C2C(C)=O. The van der Waals surface area contributed by atoms with Crippen molar-refractivity contribution < 1.29 is 9.59 Å². The molecule has 0 bridgehead atoms. The molecule has 0 spiro atoms. The van der Waals surface area contributed by atoms with Crippen LogP contribution in [0, 0.1) is 29.1 Å². The first-order valence-corrected chi connectivity index (χ1v) is 9.51. The summed E-state index contributed by atoms with van der Waals surface area (Å²) in [4.78, 5) is 23.9. The van der Waals surface area contributed by atoms with Gasteiger partial charge in [0.25, 0.3) is 0 Å². The lowest BCUT2D eigenvalue weighted by molar-refractivity contribution is -0.117. The number of allylic oxidation sites excluding steroid dienone is 4. The van der Waals surface area contributed by atoms with Gasteiger partial charge in [0.05, 0.1) is 0 Å². The number of ketones is 2. The van der Waals surface area contributed by atoms with E-state index in [1.807, 2.05) is 6.08 Å². The topological polar surface area (TPSA) is 34.1 Å². The number of hydrogen-bond donors (Lipinski definition) is 0. The van der Waals surface area contributed by atoms with Gasteiger partial charge in [0.1, 0.15) is 0 Å². The molecule has 0 N–H and O–H groups in total. The summed E-state index contributed by atoms with van der Waals surface area (Å²) in [5, 5.41) is 0. The van der Waals surface area contributed by atoms with Gasteiger partial charge in [-0.1, -0.05) is 18.6 Å². The summed E-state index contributed by atoms with van der Waals surface area (Å²) in [6.45, 7) is 4.04. The smallest absolute Gasteiger partial charge is 0.156 e. The van der Waals surface area contributed by atoms with E-state index in [0.29, 0.717) is 23.4 Å². The molecule has 0 unspecified atom stereocenters. The Morgan fingerprint density at radius 1 is 1.22 bits per heavy atom. The Hall–Kier alpha value is -1.18. The summed E-state index contributed by atoms with van der Waals surface area (Å²) in [6, 6.07) is 0. The van der Waals surface area contributed by atoms with Crippen LogP contribution in [0.4, 0.5) is 0 Å². The number of fused-ring (bicyclic) bond motifs is 5. The Kier molecular flexibility index (Phi) is 3.62. The Bertz CT molecular complexity index is 611. The fourth-order valence-corrected chi connectivity index (χ4v) is 6.70. The molecule has 0 aromatic rings. The number of hydrogen-bond acceptors (Lipinski definition) is 2. The third-order valence-corrected chi connectivity index (χ3v) is 7.63. The summed E-state index contributed by atoms with van der Waals surface area (Å²) in [6.07, 6.45) is 13.0. The molecule has 0 aromatic heterocycles. The van der Waals surface area contributed by atoms with Gasteiger partial charge in [0.2, 0.25) is 0 Å². The zero-order chi connectivity index (χ0) is 16.2. The lowest BCUT2D eigenvalue weighted by atomic mass is 9.50. The summed E-state index contributed by atoms with van der Waals surface area (Å²) < 4.78 is 0. The van der Waals surface area contributed by atoms with Crippen LogP contribution >= 0.6 is 0 Å². The summed E-state index contributed by atoms with van der Waals surface area (Å²) in [5.41, 5.74) is 2.76. The minimum Gasteiger partial charge on any atom is -0.295 e. The molecule has 5 atom stereocenters. The third-order valence-electron chi connectivity index (χ3n) is 7.63. The molecular weight excluding hydrogens is 284 g/mol. The van der Waals surface area contributed by atoms with Crippen LogP contribution in [0.15, 0.2) is 23.3 Å². The second-order valence-electron chi connectivity index (χ2n) is 8.26. The Morgan fingerprint density at radius 3 is 2.78 bits per heavy atom. The largest absolute Gasteiger partial charge is 0.295 e. The highest BCUT2D eigenvalue weighted by Crippen LogP contribution is 2.63. The van der Waals surface area contributed by atoms with Crippen LogP contribution in [0.2, 0.25) is 0 Å². The fraction of sp³-hybridized carbons (Fsp3) is 0.714. The summed E-state index contributed by atoms with van der Waals surface area (Å²) >= 11 is 0. The van der Waals surface area contributed by atoms with Crippen LogP contribution in [0.3, 0.4) is 0 Å². The highest BCUT2D eigenvalue weighted by atomic mass is 16.1. The molecule has 4 aliphatic carbocycles. The predicted octanol–water partition coefficient (Wildman–Crippen LogP) is 4.64. The van der Waals surface area contributed by atoms with Gasteiger partial charge in [-0.15, -0.1) is 0 Å². The van der Waals surface area contributed by atoms with Crippen LogP contribution in [-0.2, 0) is 9.59 Å². The molecule has 4 rings (SSSR count). The van der Waals surface area contributed by atoms with E-state index in [0.717, 1.165) is 49.5 Å². The molecule has 0 saturated heterocycles. The fourth-order valence-electron chi connectivity index (χ4n) is 6.70. The van der Waals surface area contributed by atoms with Gasteiger partial charge in [-0.3, -0.25) is 9.59 Å². The van der Waals surface area contributed by atoms with E-state index in [-0.39, 0.29) is 5.41 Å². The number of carbonyl (C=O) groups is 2. The van der Waals surface area contributed by atoms with E-state index < -0.39 is 0 Å². The van der Waals surface area contributed by atoms with Gasteiger partial charge in [0, 0.05) is 11.8 Å². The van der Waals surface area contributed by atoms with Crippen LogP contribution in [0.25, 0.3) is 0 Å². The molecule has 4 aliphatic rings. The van der Waals surface area contributed by atoms with Gasteiger partial charge in [-0.25, -0.2) is 0 Å². The molecule has 0 amide bonds. The first-order valence-electron chi connectivity index (χ1n) is 9.51. The maximum atomic E-state index is 12.2. The predicted molar refractivity (Wildman–Crippen MR) is 90.9 cm³/mol. The van der Waals surface area contributed by atoms with E-state index in [2.05, 4.69) is 13.0 Å². The van der Waals surface area contributed by atoms with E-state index in [1.54, 1.807) is 6.92 Å². The van der Waals surface area contributed by atoms with Crippen molar-refractivity contribution in [2.24, 2.45) is 29.1 Å².